The van der Waals surface area contributed by atoms with E-state index >= 15 is 0 Å². The van der Waals surface area contributed by atoms with Crippen molar-refractivity contribution in [2.45, 2.75) is 97.5 Å². The zero-order valence-corrected chi connectivity index (χ0v) is 21.8. The normalized spacial score (nSPS) is 22.1. The average Bonchev–Trinajstić information content (AvgIpc) is 2.82. The van der Waals surface area contributed by atoms with E-state index in [2.05, 4.69) is 30.3 Å². The lowest BCUT2D eigenvalue weighted by Gasteiger charge is -2.26. The Bertz CT molecular complexity index is 916. The summed E-state index contributed by atoms with van der Waals surface area (Å²) in [6.45, 7) is 7.70. The first-order chi connectivity index (χ1) is 17.0. The summed E-state index contributed by atoms with van der Waals surface area (Å²) >= 11 is 0. The Labute approximate surface area is 210 Å². The number of hydrogen-bond acceptors (Lipinski definition) is 5. The van der Waals surface area contributed by atoms with Crippen LogP contribution >= 0.6 is 0 Å². The second-order valence-electron chi connectivity index (χ2n) is 9.93. The minimum atomic E-state index is -0.262. The Balaban J connectivity index is 1.81. The Morgan fingerprint density at radius 3 is 2.69 bits per heavy atom. The molecule has 3 rings (SSSR count). The number of rotatable bonds is 5. The molecule has 192 valence electrons. The van der Waals surface area contributed by atoms with E-state index < -0.39 is 0 Å². The van der Waals surface area contributed by atoms with Crippen LogP contribution < -0.4 is 0 Å². The van der Waals surface area contributed by atoms with Crippen LogP contribution in [0.3, 0.4) is 0 Å². The summed E-state index contributed by atoms with van der Waals surface area (Å²) in [5.41, 5.74) is 4.43. The summed E-state index contributed by atoms with van der Waals surface area (Å²) in [7, 11) is 0. The van der Waals surface area contributed by atoms with Crippen LogP contribution in [0, 0.1) is 13.8 Å². The number of nitrogens with zero attached hydrogens (tertiary/aromatic N) is 2. The summed E-state index contributed by atoms with van der Waals surface area (Å²) in [5, 5.41) is 4.41. The predicted octanol–water partition coefficient (Wildman–Crippen LogP) is 6.08. The molecule has 0 spiro atoms. The van der Waals surface area contributed by atoms with Gasteiger partial charge in [0.2, 0.25) is 0 Å². The molecule has 2 heterocycles. The molecule has 0 saturated carbocycles. The third-order valence-electron chi connectivity index (χ3n) is 6.79. The number of hydrogen-bond donors (Lipinski definition) is 0. The summed E-state index contributed by atoms with van der Waals surface area (Å²) in [4.78, 5) is 33.2. The molecule has 6 nitrogen and oxygen atoms in total. The van der Waals surface area contributed by atoms with Gasteiger partial charge in [-0.15, -0.1) is 0 Å². The van der Waals surface area contributed by atoms with Crippen LogP contribution in [0.2, 0.25) is 0 Å². The molecule has 35 heavy (non-hydrogen) atoms. The number of fused-ring (bicyclic) bond motifs is 1. The summed E-state index contributed by atoms with van der Waals surface area (Å²) < 4.78 is 5.99. The van der Waals surface area contributed by atoms with E-state index in [9.17, 15) is 9.59 Å². The molecule has 1 saturated heterocycles. The zero-order valence-electron chi connectivity index (χ0n) is 21.8. The first-order valence-electron chi connectivity index (χ1n) is 13.4. The van der Waals surface area contributed by atoms with E-state index in [4.69, 9.17) is 9.57 Å². The molecule has 0 aliphatic carbocycles. The highest BCUT2D eigenvalue weighted by molar-refractivity contribution is 5.96. The van der Waals surface area contributed by atoms with Crippen molar-refractivity contribution in [1.82, 2.24) is 4.90 Å². The van der Waals surface area contributed by atoms with Crippen molar-refractivity contribution >= 4 is 17.6 Å². The second kappa shape index (κ2) is 14.1. The average molecular weight is 483 g/mol. The molecule has 0 bridgehead atoms. The van der Waals surface area contributed by atoms with Gasteiger partial charge in [-0.25, -0.2) is 4.79 Å². The van der Waals surface area contributed by atoms with Crippen molar-refractivity contribution in [1.29, 1.82) is 0 Å². The maximum absolute atomic E-state index is 13.3. The van der Waals surface area contributed by atoms with E-state index in [1.807, 2.05) is 24.8 Å². The Kier molecular flexibility index (Phi) is 10.8. The Hall–Kier alpha value is -2.63. The Morgan fingerprint density at radius 2 is 1.91 bits per heavy atom. The number of piperidine rings is 1. The SMILES string of the molecule is CCCC1C/C=C/CCCC/C(=N\OCC(=O)N2CCCCC2)Cc2cc(C)cc(C)c2C(=O)O1. The maximum Gasteiger partial charge on any atom is 0.338 e. The van der Waals surface area contributed by atoms with Gasteiger partial charge in [0.05, 0.1) is 11.3 Å². The minimum Gasteiger partial charge on any atom is -0.458 e. The van der Waals surface area contributed by atoms with Crippen LogP contribution in [0.15, 0.2) is 29.4 Å². The van der Waals surface area contributed by atoms with E-state index in [1.54, 1.807) is 0 Å². The molecular weight excluding hydrogens is 440 g/mol. The lowest BCUT2D eigenvalue weighted by molar-refractivity contribution is -0.137. The predicted molar refractivity (Wildman–Crippen MR) is 140 cm³/mol. The molecular formula is C29H42N2O4. The monoisotopic (exact) mass is 482 g/mol. The number of benzene rings is 1. The largest absolute Gasteiger partial charge is 0.458 e. The second-order valence-corrected chi connectivity index (χ2v) is 9.93. The van der Waals surface area contributed by atoms with Crippen molar-refractivity contribution in [2.75, 3.05) is 19.7 Å². The zero-order chi connectivity index (χ0) is 25.0. The number of cyclic esters (lactones) is 1. The fourth-order valence-electron chi connectivity index (χ4n) is 5.00. The van der Waals surface area contributed by atoms with Crippen LogP contribution in [0.5, 0.6) is 0 Å². The van der Waals surface area contributed by atoms with Gasteiger partial charge in [-0.1, -0.05) is 48.3 Å². The number of carbonyl (C=O) groups is 2. The quantitative estimate of drug-likeness (QED) is 0.290. The van der Waals surface area contributed by atoms with Gasteiger partial charge in [-0.2, -0.15) is 0 Å². The van der Waals surface area contributed by atoms with Crippen molar-refractivity contribution in [3.63, 3.8) is 0 Å². The van der Waals surface area contributed by atoms with E-state index in [-0.39, 0.29) is 24.6 Å². The van der Waals surface area contributed by atoms with Crippen LogP contribution in [0.25, 0.3) is 0 Å². The van der Waals surface area contributed by atoms with Crippen molar-refractivity contribution in [2.24, 2.45) is 5.16 Å². The lowest BCUT2D eigenvalue weighted by Crippen LogP contribution is -2.37. The number of ether oxygens (including phenoxy) is 1. The fraction of sp³-hybridized carbons (Fsp3) is 0.621. The molecule has 0 radical (unpaired) electrons. The van der Waals surface area contributed by atoms with Gasteiger partial charge in [0.15, 0.2) is 6.61 Å². The number of allylic oxidation sites excluding steroid dienone is 1. The molecule has 1 atom stereocenters. The van der Waals surface area contributed by atoms with Gasteiger partial charge in [-0.05, 0) is 76.3 Å². The van der Waals surface area contributed by atoms with Gasteiger partial charge in [0, 0.05) is 25.9 Å². The van der Waals surface area contributed by atoms with E-state index in [0.717, 1.165) is 93.3 Å². The highest BCUT2D eigenvalue weighted by Gasteiger charge is 2.22. The molecule has 1 unspecified atom stereocenters. The highest BCUT2D eigenvalue weighted by atomic mass is 16.6. The van der Waals surface area contributed by atoms with Gasteiger partial charge in [0.25, 0.3) is 5.91 Å². The molecule has 2 aliphatic heterocycles. The molecule has 6 heteroatoms. The smallest absolute Gasteiger partial charge is 0.338 e. The van der Waals surface area contributed by atoms with Gasteiger partial charge in [0.1, 0.15) is 6.10 Å². The number of esters is 1. The number of likely N-dealkylation sites (tertiary alicyclic amines) is 1. The Morgan fingerprint density at radius 1 is 1.11 bits per heavy atom. The number of oxime groups is 1. The molecule has 1 aromatic rings. The number of carbonyl (C=O) groups excluding carboxylic acids is 2. The van der Waals surface area contributed by atoms with Crippen LogP contribution in [0.1, 0.15) is 98.2 Å². The topological polar surface area (TPSA) is 68.2 Å². The first-order valence-corrected chi connectivity index (χ1v) is 13.4. The van der Waals surface area contributed by atoms with Gasteiger partial charge < -0.3 is 14.5 Å². The summed E-state index contributed by atoms with van der Waals surface area (Å²) in [6.07, 6.45) is 14.4. The molecule has 1 aromatic carbocycles. The van der Waals surface area contributed by atoms with E-state index in [0.29, 0.717) is 12.0 Å². The first kappa shape index (κ1) is 27.0. The molecule has 1 amide bonds. The van der Waals surface area contributed by atoms with Crippen LogP contribution in [0.4, 0.5) is 0 Å². The van der Waals surface area contributed by atoms with Gasteiger partial charge in [-0.3, -0.25) is 4.79 Å². The maximum atomic E-state index is 13.3. The third kappa shape index (κ3) is 8.52. The standard InChI is InChI=1S/C29H42N2O4/c1-4-13-26-15-10-7-5-6-9-14-25(30-34-21-27(32)31-16-11-8-12-17-31)20-24-19-22(2)18-23(3)28(24)29(33)35-26/h7,10,18-19,26H,4-6,8-9,11-17,20-21H2,1-3H3/b10-7+,30-25+. The minimum absolute atomic E-state index is 0.00212. The van der Waals surface area contributed by atoms with Crippen molar-refractivity contribution < 1.29 is 19.2 Å². The fourth-order valence-corrected chi connectivity index (χ4v) is 5.00. The highest BCUT2D eigenvalue weighted by Crippen LogP contribution is 2.23. The molecule has 0 N–H and O–H groups in total. The van der Waals surface area contributed by atoms with E-state index in [1.165, 1.54) is 6.42 Å². The summed E-state index contributed by atoms with van der Waals surface area (Å²) in [5.74, 6) is -0.264. The van der Waals surface area contributed by atoms with Crippen LogP contribution in [-0.2, 0) is 20.8 Å². The lowest BCUT2D eigenvalue weighted by atomic mass is 9.93. The summed E-state index contributed by atoms with van der Waals surface area (Å²) in [6, 6.07) is 4.08. The van der Waals surface area contributed by atoms with Crippen LogP contribution in [-0.4, -0.2) is 48.3 Å². The molecule has 1 fully saturated rings. The molecule has 2 aliphatic rings. The number of aryl methyl sites for hydroxylation is 2. The third-order valence-corrected chi connectivity index (χ3v) is 6.79. The van der Waals surface area contributed by atoms with Crippen molar-refractivity contribution in [3.05, 3.63) is 46.5 Å². The van der Waals surface area contributed by atoms with Gasteiger partial charge >= 0.3 is 5.97 Å². The number of amides is 1. The molecule has 0 aromatic heterocycles. The van der Waals surface area contributed by atoms with Crippen molar-refractivity contribution in [3.8, 4) is 0 Å².